The summed E-state index contributed by atoms with van der Waals surface area (Å²) in [5.41, 5.74) is -0.350. The Morgan fingerprint density at radius 2 is 1.89 bits per heavy atom. The van der Waals surface area contributed by atoms with Crippen LogP contribution in [0.3, 0.4) is 0 Å². The standard InChI is InChI=1S/C13H13F3OS2/c1-2-9-13(19-6-5-18-9)12(17)7-3-4-8(14)11(16)10(7)15/h3-4,9,13H,2,5-6H2,1H3. The number of rotatable bonds is 3. The molecule has 0 saturated carbocycles. The fraction of sp³-hybridized carbons (Fsp3) is 0.462. The van der Waals surface area contributed by atoms with Gasteiger partial charge in [-0.2, -0.15) is 11.8 Å². The summed E-state index contributed by atoms with van der Waals surface area (Å²) in [5, 5.41) is -0.290. The minimum absolute atomic E-state index is 0.0961. The summed E-state index contributed by atoms with van der Waals surface area (Å²) in [4.78, 5) is 12.3. The van der Waals surface area contributed by atoms with Gasteiger partial charge in [-0.1, -0.05) is 6.92 Å². The first kappa shape index (κ1) is 14.8. The molecule has 0 radical (unpaired) electrons. The van der Waals surface area contributed by atoms with Gasteiger partial charge in [-0.15, -0.1) is 11.8 Å². The maximum atomic E-state index is 13.6. The Morgan fingerprint density at radius 3 is 2.58 bits per heavy atom. The Labute approximate surface area is 118 Å². The molecule has 1 aromatic carbocycles. The van der Waals surface area contributed by atoms with Crippen LogP contribution in [0.4, 0.5) is 13.2 Å². The Kier molecular flexibility index (Phi) is 4.84. The third kappa shape index (κ3) is 2.94. The number of Topliss-reactive ketones (excluding diaryl/α,β-unsaturated/α-hetero) is 1. The van der Waals surface area contributed by atoms with Crippen LogP contribution in [0, 0.1) is 17.5 Å². The van der Waals surface area contributed by atoms with Crippen molar-refractivity contribution in [2.24, 2.45) is 0 Å². The third-order valence-electron chi connectivity index (χ3n) is 3.01. The van der Waals surface area contributed by atoms with Crippen molar-refractivity contribution in [1.29, 1.82) is 0 Å². The van der Waals surface area contributed by atoms with E-state index >= 15 is 0 Å². The molecule has 2 unspecified atom stereocenters. The number of halogens is 3. The highest BCUT2D eigenvalue weighted by atomic mass is 32.2. The number of carbonyl (C=O) groups is 1. The van der Waals surface area contributed by atoms with Crippen molar-refractivity contribution < 1.29 is 18.0 Å². The van der Waals surface area contributed by atoms with E-state index < -0.39 is 23.2 Å². The van der Waals surface area contributed by atoms with Gasteiger partial charge in [-0.25, -0.2) is 13.2 Å². The zero-order valence-corrected chi connectivity index (χ0v) is 11.9. The van der Waals surface area contributed by atoms with Crippen LogP contribution in [0.25, 0.3) is 0 Å². The van der Waals surface area contributed by atoms with Gasteiger partial charge in [0.15, 0.2) is 23.2 Å². The summed E-state index contributed by atoms with van der Waals surface area (Å²) < 4.78 is 39.7. The summed E-state index contributed by atoms with van der Waals surface area (Å²) >= 11 is 3.14. The molecule has 1 nitrogen and oxygen atoms in total. The molecule has 1 aliphatic heterocycles. The molecule has 1 saturated heterocycles. The van der Waals surface area contributed by atoms with Crippen molar-refractivity contribution in [2.75, 3.05) is 11.5 Å². The van der Waals surface area contributed by atoms with Gasteiger partial charge in [0, 0.05) is 16.8 Å². The molecule has 1 heterocycles. The van der Waals surface area contributed by atoms with E-state index in [4.69, 9.17) is 0 Å². The smallest absolute Gasteiger partial charge is 0.195 e. The zero-order valence-electron chi connectivity index (χ0n) is 10.3. The molecule has 0 N–H and O–H groups in total. The highest BCUT2D eigenvalue weighted by molar-refractivity contribution is 8.07. The Bertz CT molecular complexity index is 493. The first-order chi connectivity index (χ1) is 9.06. The fourth-order valence-corrected chi connectivity index (χ4v) is 5.03. The summed E-state index contributed by atoms with van der Waals surface area (Å²) in [6.45, 7) is 1.96. The summed E-state index contributed by atoms with van der Waals surface area (Å²) in [7, 11) is 0. The van der Waals surface area contributed by atoms with E-state index in [1.807, 2.05) is 6.92 Å². The maximum absolute atomic E-state index is 13.6. The summed E-state index contributed by atoms with van der Waals surface area (Å²) in [6, 6.07) is 1.83. The molecule has 0 amide bonds. The van der Waals surface area contributed by atoms with Gasteiger partial charge in [0.25, 0.3) is 0 Å². The average molecular weight is 306 g/mol. The molecular weight excluding hydrogens is 293 g/mol. The largest absolute Gasteiger partial charge is 0.293 e. The highest BCUT2D eigenvalue weighted by Crippen LogP contribution is 2.35. The minimum atomic E-state index is -1.58. The van der Waals surface area contributed by atoms with Crippen LogP contribution >= 0.6 is 23.5 Å². The monoisotopic (exact) mass is 306 g/mol. The molecule has 2 rings (SSSR count). The zero-order chi connectivity index (χ0) is 14.0. The molecule has 0 bridgehead atoms. The van der Waals surface area contributed by atoms with Gasteiger partial charge >= 0.3 is 0 Å². The van der Waals surface area contributed by atoms with Gasteiger partial charge < -0.3 is 0 Å². The molecule has 104 valence electrons. The lowest BCUT2D eigenvalue weighted by Gasteiger charge is -2.28. The lowest BCUT2D eigenvalue weighted by atomic mass is 10.0. The van der Waals surface area contributed by atoms with Crippen LogP contribution in [0.15, 0.2) is 12.1 Å². The molecule has 0 aliphatic carbocycles. The first-order valence-electron chi connectivity index (χ1n) is 5.97. The van der Waals surface area contributed by atoms with Crippen LogP contribution in [0.5, 0.6) is 0 Å². The Hall–Kier alpha value is -0.620. The Morgan fingerprint density at radius 1 is 1.21 bits per heavy atom. The first-order valence-corrected chi connectivity index (χ1v) is 8.07. The van der Waals surface area contributed by atoms with Crippen molar-refractivity contribution in [2.45, 2.75) is 23.8 Å². The molecule has 1 aliphatic rings. The van der Waals surface area contributed by atoms with Gasteiger partial charge in [0.05, 0.1) is 10.8 Å². The van der Waals surface area contributed by atoms with Gasteiger partial charge in [-0.05, 0) is 18.6 Å². The fourth-order valence-electron chi connectivity index (χ4n) is 2.02. The van der Waals surface area contributed by atoms with E-state index in [0.29, 0.717) is 0 Å². The molecule has 0 spiro atoms. The predicted molar refractivity (Wildman–Crippen MR) is 73.4 cm³/mol. The number of ketones is 1. The predicted octanol–water partition coefficient (Wildman–Crippen LogP) is 3.91. The number of hydrogen-bond acceptors (Lipinski definition) is 3. The highest BCUT2D eigenvalue weighted by Gasteiger charge is 2.33. The molecule has 1 aromatic rings. The van der Waals surface area contributed by atoms with E-state index in [-0.39, 0.29) is 16.1 Å². The topological polar surface area (TPSA) is 17.1 Å². The van der Waals surface area contributed by atoms with Gasteiger partial charge in [-0.3, -0.25) is 4.79 Å². The summed E-state index contributed by atoms with van der Waals surface area (Å²) in [5.74, 6) is -2.91. The van der Waals surface area contributed by atoms with Crippen LogP contribution in [-0.4, -0.2) is 27.8 Å². The van der Waals surface area contributed by atoms with E-state index in [1.165, 1.54) is 11.8 Å². The molecule has 6 heteroatoms. The third-order valence-corrected chi connectivity index (χ3v) is 6.26. The van der Waals surface area contributed by atoms with E-state index in [9.17, 15) is 18.0 Å². The lowest BCUT2D eigenvalue weighted by molar-refractivity contribution is 0.0983. The van der Waals surface area contributed by atoms with Gasteiger partial charge in [0.2, 0.25) is 0 Å². The molecule has 19 heavy (non-hydrogen) atoms. The van der Waals surface area contributed by atoms with E-state index in [2.05, 4.69) is 0 Å². The SMILES string of the molecule is CCC1SCCSC1C(=O)c1ccc(F)c(F)c1F. The quantitative estimate of drug-likeness (QED) is 0.622. The van der Waals surface area contributed by atoms with E-state index in [1.54, 1.807) is 11.8 Å². The van der Waals surface area contributed by atoms with Crippen LogP contribution in [0.1, 0.15) is 23.7 Å². The normalized spacial score (nSPS) is 23.4. The van der Waals surface area contributed by atoms with Crippen molar-refractivity contribution in [3.05, 3.63) is 35.1 Å². The van der Waals surface area contributed by atoms with E-state index in [0.717, 1.165) is 30.1 Å². The molecule has 2 atom stereocenters. The second kappa shape index (κ2) is 6.22. The van der Waals surface area contributed by atoms with Crippen LogP contribution in [0.2, 0.25) is 0 Å². The van der Waals surface area contributed by atoms with Crippen LogP contribution in [-0.2, 0) is 0 Å². The molecule has 1 fully saturated rings. The van der Waals surface area contributed by atoms with Crippen molar-refractivity contribution >= 4 is 29.3 Å². The number of hydrogen-bond donors (Lipinski definition) is 0. The van der Waals surface area contributed by atoms with Crippen LogP contribution < -0.4 is 0 Å². The Balaban J connectivity index is 2.31. The molecular formula is C13H13F3OS2. The number of benzene rings is 1. The van der Waals surface area contributed by atoms with Crippen molar-refractivity contribution in [3.63, 3.8) is 0 Å². The minimum Gasteiger partial charge on any atom is -0.293 e. The second-order valence-electron chi connectivity index (χ2n) is 4.20. The average Bonchev–Trinajstić information content (AvgIpc) is 2.44. The number of thioether (sulfide) groups is 2. The van der Waals surface area contributed by atoms with Crippen molar-refractivity contribution in [1.82, 2.24) is 0 Å². The second-order valence-corrected chi connectivity index (χ2v) is 6.79. The lowest BCUT2D eigenvalue weighted by Crippen LogP contribution is -2.33. The maximum Gasteiger partial charge on any atom is 0.195 e. The molecule has 0 aromatic heterocycles. The number of carbonyl (C=O) groups excluding carboxylic acids is 1. The van der Waals surface area contributed by atoms with Crippen molar-refractivity contribution in [3.8, 4) is 0 Å². The van der Waals surface area contributed by atoms with Gasteiger partial charge in [0.1, 0.15) is 0 Å². The summed E-state index contributed by atoms with van der Waals surface area (Å²) in [6.07, 6.45) is 0.791.